The van der Waals surface area contributed by atoms with Crippen molar-refractivity contribution in [3.63, 3.8) is 0 Å². The first-order valence-electron chi connectivity index (χ1n) is 5.62. The minimum atomic E-state index is -0.00806. The summed E-state index contributed by atoms with van der Waals surface area (Å²) >= 11 is 9.07. The van der Waals surface area contributed by atoms with Crippen LogP contribution in [0.15, 0.2) is 40.6 Å². The summed E-state index contributed by atoms with van der Waals surface area (Å²) < 4.78 is 0. The van der Waals surface area contributed by atoms with Crippen LogP contribution in [0.2, 0.25) is 5.02 Å². The molecule has 2 aromatic rings. The van der Waals surface area contributed by atoms with Crippen molar-refractivity contribution in [2.75, 3.05) is 11.5 Å². The molecule has 0 bridgehead atoms. The highest BCUT2D eigenvalue weighted by Gasteiger charge is 2.06. The molecule has 0 saturated heterocycles. The van der Waals surface area contributed by atoms with E-state index in [-0.39, 0.29) is 5.91 Å². The van der Waals surface area contributed by atoms with Crippen LogP contribution in [0.4, 0.5) is 5.69 Å². The summed E-state index contributed by atoms with van der Waals surface area (Å²) in [7, 11) is 0. The monoisotopic (exact) mass is 312 g/mol. The van der Waals surface area contributed by atoms with Crippen molar-refractivity contribution in [3.05, 3.63) is 45.6 Å². The van der Waals surface area contributed by atoms with Crippen LogP contribution in [-0.2, 0) is 11.3 Å². The number of benzene rings is 1. The fraction of sp³-hybridized carbons (Fsp3) is 0.154. The number of halogens is 1. The molecule has 3 N–H and O–H groups in total. The van der Waals surface area contributed by atoms with Gasteiger partial charge >= 0.3 is 0 Å². The lowest BCUT2D eigenvalue weighted by molar-refractivity contribution is -0.118. The quantitative estimate of drug-likeness (QED) is 0.657. The molecule has 1 heterocycles. The third kappa shape index (κ3) is 4.45. The van der Waals surface area contributed by atoms with Crippen molar-refractivity contribution >= 4 is 46.3 Å². The molecule has 0 unspecified atom stereocenters. The van der Waals surface area contributed by atoms with Gasteiger partial charge < -0.3 is 11.1 Å². The molecule has 1 aromatic heterocycles. The van der Waals surface area contributed by atoms with Gasteiger partial charge in [-0.1, -0.05) is 17.7 Å². The maximum absolute atomic E-state index is 11.7. The van der Waals surface area contributed by atoms with Gasteiger partial charge in [0.1, 0.15) is 0 Å². The fourth-order valence-corrected chi connectivity index (χ4v) is 3.17. The Morgan fingerprint density at radius 1 is 1.42 bits per heavy atom. The zero-order valence-electron chi connectivity index (χ0n) is 10.1. The maximum atomic E-state index is 11.7. The zero-order valence-corrected chi connectivity index (χ0v) is 12.4. The summed E-state index contributed by atoms with van der Waals surface area (Å²) in [5, 5.41) is 5.44. The lowest BCUT2D eigenvalue weighted by Gasteiger charge is -2.06. The average molecular weight is 313 g/mol. The van der Waals surface area contributed by atoms with Gasteiger partial charge in [0, 0.05) is 15.5 Å². The number of carbonyl (C=O) groups excluding carboxylic acids is 1. The molecule has 6 heteroatoms. The Kier molecular flexibility index (Phi) is 5.13. The number of thiophene rings is 1. The second-order valence-corrected chi connectivity index (χ2v) is 6.29. The first kappa shape index (κ1) is 14.2. The second-order valence-electron chi connectivity index (χ2n) is 3.83. The maximum Gasteiger partial charge on any atom is 0.230 e. The van der Waals surface area contributed by atoms with Gasteiger partial charge in [0.25, 0.3) is 0 Å². The number of nitrogens with one attached hydrogen (secondary N) is 1. The van der Waals surface area contributed by atoms with Gasteiger partial charge in [0.05, 0.1) is 17.3 Å². The normalized spacial score (nSPS) is 10.4. The highest BCUT2D eigenvalue weighted by molar-refractivity contribution is 8.00. The number of anilines is 1. The molecule has 0 saturated carbocycles. The van der Waals surface area contributed by atoms with Crippen LogP contribution < -0.4 is 11.1 Å². The van der Waals surface area contributed by atoms with Gasteiger partial charge in [-0.15, -0.1) is 23.1 Å². The SMILES string of the molecule is Nc1ccc(SCC(=O)NCc2cccs2)c(Cl)c1. The molecule has 0 atom stereocenters. The molecular formula is C13H13ClN2OS2. The van der Waals surface area contributed by atoms with Crippen molar-refractivity contribution < 1.29 is 4.79 Å². The van der Waals surface area contributed by atoms with Gasteiger partial charge in [-0.3, -0.25) is 4.79 Å². The Labute approximate surface area is 125 Å². The van der Waals surface area contributed by atoms with Crippen molar-refractivity contribution in [2.24, 2.45) is 0 Å². The van der Waals surface area contributed by atoms with Gasteiger partial charge in [-0.2, -0.15) is 0 Å². The number of hydrogen-bond donors (Lipinski definition) is 2. The Morgan fingerprint density at radius 2 is 2.26 bits per heavy atom. The minimum Gasteiger partial charge on any atom is -0.399 e. The molecule has 1 amide bonds. The standard InChI is InChI=1S/C13H13ClN2OS2/c14-11-6-9(15)3-4-12(11)19-8-13(17)16-7-10-2-1-5-18-10/h1-6H,7-8,15H2,(H,16,17). The van der Waals surface area contributed by atoms with Crippen molar-refractivity contribution in [1.29, 1.82) is 0 Å². The van der Waals surface area contributed by atoms with Crippen LogP contribution in [0.1, 0.15) is 4.88 Å². The molecule has 0 spiro atoms. The molecule has 0 aliphatic carbocycles. The number of rotatable bonds is 5. The van der Waals surface area contributed by atoms with E-state index in [0.29, 0.717) is 23.0 Å². The van der Waals surface area contributed by atoms with E-state index in [1.807, 2.05) is 23.6 Å². The molecule has 1 aromatic carbocycles. The van der Waals surface area contributed by atoms with Crippen LogP contribution >= 0.6 is 34.7 Å². The third-order valence-corrected chi connectivity index (χ3v) is 4.73. The summed E-state index contributed by atoms with van der Waals surface area (Å²) in [6, 6.07) is 9.25. The third-order valence-electron chi connectivity index (χ3n) is 2.35. The van der Waals surface area contributed by atoms with Crippen LogP contribution in [-0.4, -0.2) is 11.7 Å². The van der Waals surface area contributed by atoms with Crippen LogP contribution in [0.3, 0.4) is 0 Å². The minimum absolute atomic E-state index is 0.00806. The summed E-state index contributed by atoms with van der Waals surface area (Å²) in [6.07, 6.45) is 0. The number of hydrogen-bond acceptors (Lipinski definition) is 4. The summed E-state index contributed by atoms with van der Waals surface area (Å²) in [6.45, 7) is 0.576. The highest BCUT2D eigenvalue weighted by atomic mass is 35.5. The molecule has 100 valence electrons. The van der Waals surface area contributed by atoms with E-state index in [1.165, 1.54) is 11.8 Å². The molecule has 0 aliphatic rings. The molecule has 19 heavy (non-hydrogen) atoms. The number of carbonyl (C=O) groups is 1. The van der Waals surface area contributed by atoms with Crippen molar-refractivity contribution in [3.8, 4) is 0 Å². The Morgan fingerprint density at radius 3 is 2.95 bits per heavy atom. The molecule has 2 rings (SSSR count). The van der Waals surface area contributed by atoms with E-state index < -0.39 is 0 Å². The van der Waals surface area contributed by atoms with Crippen LogP contribution in [0.25, 0.3) is 0 Å². The van der Waals surface area contributed by atoms with E-state index >= 15 is 0 Å². The van der Waals surface area contributed by atoms with Crippen molar-refractivity contribution in [1.82, 2.24) is 5.32 Å². The molecular weight excluding hydrogens is 300 g/mol. The highest BCUT2D eigenvalue weighted by Crippen LogP contribution is 2.28. The zero-order chi connectivity index (χ0) is 13.7. The Bertz CT molecular complexity index is 558. The van der Waals surface area contributed by atoms with E-state index in [1.54, 1.807) is 23.5 Å². The second kappa shape index (κ2) is 6.84. The Balaban J connectivity index is 1.80. The van der Waals surface area contributed by atoms with Gasteiger partial charge in [-0.05, 0) is 29.6 Å². The number of nitrogen functional groups attached to an aromatic ring is 1. The van der Waals surface area contributed by atoms with Crippen LogP contribution in [0, 0.1) is 0 Å². The van der Waals surface area contributed by atoms with E-state index in [9.17, 15) is 4.79 Å². The van der Waals surface area contributed by atoms with E-state index in [2.05, 4.69) is 5.32 Å². The number of nitrogens with two attached hydrogens (primary N) is 1. The lowest BCUT2D eigenvalue weighted by Crippen LogP contribution is -2.24. The molecule has 0 aliphatic heterocycles. The van der Waals surface area contributed by atoms with E-state index in [0.717, 1.165) is 9.77 Å². The van der Waals surface area contributed by atoms with Crippen LogP contribution in [0.5, 0.6) is 0 Å². The lowest BCUT2D eigenvalue weighted by atomic mass is 10.3. The fourth-order valence-electron chi connectivity index (χ4n) is 1.43. The molecule has 3 nitrogen and oxygen atoms in total. The molecule has 0 fully saturated rings. The smallest absolute Gasteiger partial charge is 0.230 e. The van der Waals surface area contributed by atoms with Crippen molar-refractivity contribution in [2.45, 2.75) is 11.4 Å². The summed E-state index contributed by atoms with van der Waals surface area (Å²) in [5.41, 5.74) is 6.24. The van der Waals surface area contributed by atoms with Gasteiger partial charge in [-0.25, -0.2) is 0 Å². The Hall–Kier alpha value is -1.17. The summed E-state index contributed by atoms with van der Waals surface area (Å²) in [5.74, 6) is 0.334. The van der Waals surface area contributed by atoms with Gasteiger partial charge in [0.2, 0.25) is 5.91 Å². The first-order valence-corrected chi connectivity index (χ1v) is 7.86. The number of thioether (sulfide) groups is 1. The largest absolute Gasteiger partial charge is 0.399 e. The number of amides is 1. The average Bonchev–Trinajstić information content (AvgIpc) is 2.88. The predicted octanol–water partition coefficient (Wildman–Crippen LogP) is 3.39. The molecule has 0 radical (unpaired) electrons. The predicted molar refractivity (Wildman–Crippen MR) is 82.8 cm³/mol. The summed E-state index contributed by atoms with van der Waals surface area (Å²) in [4.78, 5) is 13.7. The van der Waals surface area contributed by atoms with Gasteiger partial charge in [0.15, 0.2) is 0 Å². The van der Waals surface area contributed by atoms with E-state index in [4.69, 9.17) is 17.3 Å². The topological polar surface area (TPSA) is 55.1 Å². The first-order chi connectivity index (χ1) is 9.15.